The number of nitrogens with one attached hydrogen (secondary N) is 1. The van der Waals surface area contributed by atoms with Crippen LogP contribution in [0.2, 0.25) is 0 Å². The number of pyridine rings is 1. The van der Waals surface area contributed by atoms with Gasteiger partial charge in [0.25, 0.3) is 5.91 Å². The molecule has 1 aliphatic rings. The second-order valence-corrected chi connectivity index (χ2v) is 4.24. The summed E-state index contributed by atoms with van der Waals surface area (Å²) < 4.78 is 0. The molecule has 4 heteroatoms. The summed E-state index contributed by atoms with van der Waals surface area (Å²) in [5.74, 6) is 0.00284. The normalized spacial score (nSPS) is 15.4. The molecule has 0 spiro atoms. The van der Waals surface area contributed by atoms with Crippen LogP contribution in [0.3, 0.4) is 0 Å². The van der Waals surface area contributed by atoms with Crippen LogP contribution in [0.15, 0.2) is 30.6 Å². The fraction of sp³-hybridized carbons (Fsp3) is 0.231. The minimum atomic E-state index is 0.00284. The van der Waals surface area contributed by atoms with E-state index in [4.69, 9.17) is 0 Å². The van der Waals surface area contributed by atoms with Crippen LogP contribution in [-0.4, -0.2) is 31.0 Å². The highest BCUT2D eigenvalue weighted by Crippen LogP contribution is 2.30. The van der Waals surface area contributed by atoms with Crippen LogP contribution in [0.1, 0.15) is 10.4 Å². The fourth-order valence-corrected chi connectivity index (χ4v) is 2.29. The Labute approximate surface area is 99.3 Å². The summed E-state index contributed by atoms with van der Waals surface area (Å²) in [5, 5.41) is 5.04. The molecule has 3 rings (SSSR count). The third-order valence-corrected chi connectivity index (χ3v) is 3.15. The zero-order valence-corrected chi connectivity index (χ0v) is 9.60. The number of amides is 1. The molecule has 4 nitrogen and oxygen atoms in total. The van der Waals surface area contributed by atoms with Crippen LogP contribution in [0.5, 0.6) is 0 Å². The molecule has 0 unspecified atom stereocenters. The highest BCUT2D eigenvalue weighted by atomic mass is 16.1. The lowest BCUT2D eigenvalue weighted by Gasteiger charge is -2.20. The Bertz CT molecular complexity index is 594. The second-order valence-electron chi connectivity index (χ2n) is 4.24. The Morgan fingerprint density at radius 1 is 1.35 bits per heavy atom. The van der Waals surface area contributed by atoms with E-state index in [1.807, 2.05) is 31.4 Å². The van der Waals surface area contributed by atoms with E-state index in [9.17, 15) is 4.79 Å². The van der Waals surface area contributed by atoms with E-state index in [1.165, 1.54) is 0 Å². The Balaban J connectivity index is 2.36. The molecule has 1 aromatic heterocycles. The summed E-state index contributed by atoms with van der Waals surface area (Å²) in [5.41, 5.74) is 1.74. The van der Waals surface area contributed by atoms with Gasteiger partial charge in [0, 0.05) is 43.3 Å². The number of nitrogens with zero attached hydrogens (tertiary/aromatic N) is 2. The number of carbonyl (C=O) groups is 1. The third-order valence-electron chi connectivity index (χ3n) is 3.15. The van der Waals surface area contributed by atoms with Crippen molar-refractivity contribution in [2.24, 2.45) is 0 Å². The number of benzene rings is 1. The highest BCUT2D eigenvalue weighted by Gasteiger charge is 2.20. The maximum Gasteiger partial charge on any atom is 0.253 e. The first-order valence-electron chi connectivity index (χ1n) is 5.63. The van der Waals surface area contributed by atoms with Gasteiger partial charge in [-0.05, 0) is 12.1 Å². The smallest absolute Gasteiger partial charge is 0.253 e. The summed E-state index contributed by atoms with van der Waals surface area (Å²) in [6.45, 7) is 1.50. The fourth-order valence-electron chi connectivity index (χ4n) is 2.29. The van der Waals surface area contributed by atoms with E-state index in [2.05, 4.69) is 15.2 Å². The van der Waals surface area contributed by atoms with Gasteiger partial charge in [0.2, 0.25) is 0 Å². The van der Waals surface area contributed by atoms with E-state index >= 15 is 0 Å². The number of likely N-dealkylation sites (N-methyl/N-ethyl adjacent to an activating group) is 1. The molecule has 2 heterocycles. The second kappa shape index (κ2) is 3.73. The molecule has 2 aromatic rings. The molecule has 86 valence electrons. The molecule has 1 aromatic carbocycles. The summed E-state index contributed by atoms with van der Waals surface area (Å²) in [4.78, 5) is 18.2. The molecule has 0 fully saturated rings. The van der Waals surface area contributed by atoms with Gasteiger partial charge in [0.05, 0.1) is 11.3 Å². The molecule has 0 radical (unpaired) electrons. The van der Waals surface area contributed by atoms with Crippen LogP contribution in [0, 0.1) is 0 Å². The lowest BCUT2D eigenvalue weighted by atomic mass is 10.0. The molecule has 0 atom stereocenters. The summed E-state index contributed by atoms with van der Waals surface area (Å²) in [6, 6.07) is 5.78. The largest absolute Gasteiger partial charge is 0.372 e. The number of aromatic nitrogens is 1. The number of hydrogen-bond acceptors (Lipinski definition) is 3. The SMILES string of the molecule is CN1CCNC(=O)c2ccc3cnccc3c21. The van der Waals surface area contributed by atoms with Crippen molar-refractivity contribution in [3.63, 3.8) is 0 Å². The minimum Gasteiger partial charge on any atom is -0.372 e. The molecule has 1 N–H and O–H groups in total. The number of hydrogen-bond donors (Lipinski definition) is 1. The van der Waals surface area contributed by atoms with Crippen molar-refractivity contribution in [2.75, 3.05) is 25.0 Å². The van der Waals surface area contributed by atoms with Crippen molar-refractivity contribution >= 4 is 22.4 Å². The predicted molar refractivity (Wildman–Crippen MR) is 67.3 cm³/mol. The van der Waals surface area contributed by atoms with E-state index in [-0.39, 0.29) is 5.91 Å². The standard InChI is InChI=1S/C13H13N3O/c1-16-7-6-15-13(17)11-3-2-9-8-14-5-4-10(9)12(11)16/h2-5,8H,6-7H2,1H3,(H,15,17). The Morgan fingerprint density at radius 3 is 3.12 bits per heavy atom. The van der Waals surface area contributed by atoms with Crippen LogP contribution < -0.4 is 10.2 Å². The lowest BCUT2D eigenvalue weighted by molar-refractivity contribution is 0.0958. The molecule has 0 saturated carbocycles. The van der Waals surface area contributed by atoms with Crippen LogP contribution in [-0.2, 0) is 0 Å². The van der Waals surface area contributed by atoms with Crippen molar-refractivity contribution in [3.8, 4) is 0 Å². The number of rotatable bonds is 0. The molecular weight excluding hydrogens is 214 g/mol. The third kappa shape index (κ3) is 1.53. The Hall–Kier alpha value is -2.10. The van der Waals surface area contributed by atoms with Crippen molar-refractivity contribution in [2.45, 2.75) is 0 Å². The van der Waals surface area contributed by atoms with Crippen molar-refractivity contribution in [3.05, 3.63) is 36.2 Å². The van der Waals surface area contributed by atoms with Gasteiger partial charge in [0.1, 0.15) is 0 Å². The number of fused-ring (bicyclic) bond motifs is 3. The van der Waals surface area contributed by atoms with Gasteiger partial charge >= 0.3 is 0 Å². The minimum absolute atomic E-state index is 0.00284. The topological polar surface area (TPSA) is 45.2 Å². The maximum absolute atomic E-state index is 11.9. The first-order valence-corrected chi connectivity index (χ1v) is 5.63. The number of anilines is 1. The summed E-state index contributed by atoms with van der Waals surface area (Å²) >= 11 is 0. The average molecular weight is 227 g/mol. The lowest BCUT2D eigenvalue weighted by Crippen LogP contribution is -2.27. The number of carbonyl (C=O) groups excluding carboxylic acids is 1. The van der Waals surface area contributed by atoms with Crippen molar-refractivity contribution in [1.82, 2.24) is 10.3 Å². The van der Waals surface area contributed by atoms with E-state index in [0.717, 1.165) is 28.6 Å². The first-order chi connectivity index (χ1) is 8.27. The van der Waals surface area contributed by atoms with Gasteiger partial charge in [-0.25, -0.2) is 0 Å². The van der Waals surface area contributed by atoms with Crippen LogP contribution >= 0.6 is 0 Å². The van der Waals surface area contributed by atoms with Gasteiger partial charge in [-0.3, -0.25) is 9.78 Å². The molecule has 0 saturated heterocycles. The molecule has 0 aliphatic carbocycles. The van der Waals surface area contributed by atoms with E-state index < -0.39 is 0 Å². The van der Waals surface area contributed by atoms with Crippen LogP contribution in [0.4, 0.5) is 5.69 Å². The maximum atomic E-state index is 11.9. The van der Waals surface area contributed by atoms with Crippen LogP contribution in [0.25, 0.3) is 10.8 Å². The molecule has 0 bridgehead atoms. The van der Waals surface area contributed by atoms with E-state index in [1.54, 1.807) is 6.20 Å². The van der Waals surface area contributed by atoms with Gasteiger partial charge in [-0.15, -0.1) is 0 Å². The van der Waals surface area contributed by atoms with Gasteiger partial charge in [-0.2, -0.15) is 0 Å². The highest BCUT2D eigenvalue weighted by molar-refractivity contribution is 6.09. The first kappa shape index (κ1) is 10.1. The summed E-state index contributed by atoms with van der Waals surface area (Å²) in [7, 11) is 2.01. The Morgan fingerprint density at radius 2 is 2.24 bits per heavy atom. The zero-order valence-electron chi connectivity index (χ0n) is 9.60. The summed E-state index contributed by atoms with van der Waals surface area (Å²) in [6.07, 6.45) is 3.59. The molecular formula is C13H13N3O. The Kier molecular flexibility index (Phi) is 2.21. The van der Waals surface area contributed by atoms with E-state index in [0.29, 0.717) is 6.54 Å². The van der Waals surface area contributed by atoms with Gasteiger partial charge in [-0.1, -0.05) is 6.07 Å². The quantitative estimate of drug-likeness (QED) is 0.740. The average Bonchev–Trinajstić information content (AvgIpc) is 2.50. The van der Waals surface area contributed by atoms with Crippen molar-refractivity contribution < 1.29 is 4.79 Å². The van der Waals surface area contributed by atoms with Gasteiger partial charge in [0.15, 0.2) is 0 Å². The molecule has 1 amide bonds. The van der Waals surface area contributed by atoms with Gasteiger partial charge < -0.3 is 10.2 Å². The molecule has 17 heavy (non-hydrogen) atoms. The monoisotopic (exact) mass is 227 g/mol. The predicted octanol–water partition coefficient (Wildman–Crippen LogP) is 1.41. The zero-order chi connectivity index (χ0) is 11.8. The molecule has 1 aliphatic heterocycles. The van der Waals surface area contributed by atoms with Crippen molar-refractivity contribution in [1.29, 1.82) is 0 Å².